The van der Waals surface area contributed by atoms with Gasteiger partial charge in [-0.3, -0.25) is 0 Å². The van der Waals surface area contributed by atoms with Gasteiger partial charge in [0.2, 0.25) is 0 Å². The molecule has 2 heteroatoms. The van der Waals surface area contributed by atoms with Gasteiger partial charge in [-0.25, -0.2) is 0 Å². The van der Waals surface area contributed by atoms with Crippen LogP contribution in [0.25, 0.3) is 0 Å². The van der Waals surface area contributed by atoms with Crippen LogP contribution >= 0.6 is 23.5 Å². The molecular weight excluding hydrogens is 148 g/mol. The maximum atomic E-state index is 2.23. The zero-order chi connectivity index (χ0) is 7.70. The molecule has 0 aromatic carbocycles. The smallest absolute Gasteiger partial charge is 0.0471 e. The minimum absolute atomic E-state index is 0.782. The Balaban J connectivity index is 0. The fourth-order valence-corrected chi connectivity index (χ4v) is 1.72. The molecule has 0 aliphatic heterocycles. The van der Waals surface area contributed by atoms with Gasteiger partial charge in [0.05, 0.1) is 0 Å². The van der Waals surface area contributed by atoms with Crippen molar-refractivity contribution < 1.29 is 0 Å². The summed E-state index contributed by atoms with van der Waals surface area (Å²) in [5.74, 6) is 1.24. The first kappa shape index (κ1) is 12.4. The quantitative estimate of drug-likeness (QED) is 0.589. The molecule has 0 nitrogen and oxygen atoms in total. The van der Waals surface area contributed by atoms with Gasteiger partial charge in [-0.05, 0) is 18.9 Å². The fourth-order valence-electron chi connectivity index (χ4n) is 0.303. The third kappa shape index (κ3) is 12.0. The van der Waals surface area contributed by atoms with Crippen LogP contribution in [-0.4, -0.2) is 16.6 Å². The molecule has 0 N–H and O–H groups in total. The number of hydrogen-bond donors (Lipinski definition) is 0. The van der Waals surface area contributed by atoms with Crippen molar-refractivity contribution in [1.29, 1.82) is 0 Å². The molecule has 0 saturated heterocycles. The second kappa shape index (κ2) is 11.5. The number of rotatable bonds is 3. The average molecular weight is 166 g/mol. The molecule has 0 radical (unpaired) electrons. The van der Waals surface area contributed by atoms with Crippen LogP contribution in [0.4, 0.5) is 0 Å². The van der Waals surface area contributed by atoms with Crippen LogP contribution in [0.1, 0.15) is 27.7 Å². The lowest BCUT2D eigenvalue weighted by Crippen LogP contribution is -1.85. The highest BCUT2D eigenvalue weighted by atomic mass is 32.2. The van der Waals surface area contributed by atoms with Crippen molar-refractivity contribution in [1.82, 2.24) is 0 Å². The second-order valence-electron chi connectivity index (χ2n) is 1.26. The van der Waals surface area contributed by atoms with Crippen molar-refractivity contribution >= 4 is 23.5 Å². The normalized spacial score (nSPS) is 11.7. The summed E-state index contributed by atoms with van der Waals surface area (Å²) in [6, 6.07) is 0. The maximum absolute atomic E-state index is 2.23. The lowest BCUT2D eigenvalue weighted by molar-refractivity contribution is 1.40. The first-order chi connectivity index (χ1) is 4.31. The van der Waals surface area contributed by atoms with Crippen LogP contribution < -0.4 is 0 Å². The standard InChI is InChI=1S/C5H12S2.C2H6/c1-4-7-5(2)6-3;1-2/h5H,4H2,1-3H3;1-2H3. The van der Waals surface area contributed by atoms with E-state index in [1.807, 2.05) is 37.4 Å². The summed E-state index contributed by atoms with van der Waals surface area (Å²) in [5.41, 5.74) is 0. The maximum Gasteiger partial charge on any atom is 0.0471 e. The number of hydrogen-bond acceptors (Lipinski definition) is 2. The molecule has 9 heavy (non-hydrogen) atoms. The Labute approximate surface area is 68.2 Å². The monoisotopic (exact) mass is 166 g/mol. The first-order valence-electron chi connectivity index (χ1n) is 3.45. The van der Waals surface area contributed by atoms with Gasteiger partial charge in [0.25, 0.3) is 0 Å². The highest BCUT2D eigenvalue weighted by molar-refractivity contribution is 8.16. The van der Waals surface area contributed by atoms with Crippen LogP contribution in [0.2, 0.25) is 0 Å². The highest BCUT2D eigenvalue weighted by Crippen LogP contribution is 2.18. The van der Waals surface area contributed by atoms with Gasteiger partial charge in [-0.15, -0.1) is 11.8 Å². The van der Waals surface area contributed by atoms with E-state index in [1.165, 1.54) is 5.75 Å². The van der Waals surface area contributed by atoms with E-state index in [9.17, 15) is 0 Å². The molecule has 1 unspecified atom stereocenters. The van der Waals surface area contributed by atoms with E-state index >= 15 is 0 Å². The average Bonchev–Trinajstić information content (AvgIpc) is 1.93. The lowest BCUT2D eigenvalue weighted by atomic mass is 10.9. The van der Waals surface area contributed by atoms with Gasteiger partial charge in [-0.2, -0.15) is 11.8 Å². The molecule has 0 rings (SSSR count). The molecule has 0 fully saturated rings. The molecule has 0 bridgehead atoms. The summed E-state index contributed by atoms with van der Waals surface area (Å²) < 4.78 is 0.782. The zero-order valence-electron chi connectivity index (χ0n) is 7.10. The van der Waals surface area contributed by atoms with Crippen molar-refractivity contribution in [3.05, 3.63) is 0 Å². The molecule has 0 heterocycles. The molecule has 0 spiro atoms. The Morgan fingerprint density at radius 1 is 1.33 bits per heavy atom. The summed E-state index contributed by atoms with van der Waals surface area (Å²) in [6.45, 7) is 8.43. The largest absolute Gasteiger partial charge is 0.151 e. The van der Waals surface area contributed by atoms with E-state index in [0.29, 0.717) is 0 Å². The Morgan fingerprint density at radius 3 is 1.89 bits per heavy atom. The van der Waals surface area contributed by atoms with E-state index in [4.69, 9.17) is 0 Å². The molecule has 0 aliphatic rings. The molecule has 0 aromatic heterocycles. The molecule has 0 amide bonds. The second-order valence-corrected chi connectivity index (χ2v) is 4.35. The summed E-state index contributed by atoms with van der Waals surface area (Å²) in [4.78, 5) is 0. The van der Waals surface area contributed by atoms with E-state index in [-0.39, 0.29) is 0 Å². The van der Waals surface area contributed by atoms with Gasteiger partial charge in [0, 0.05) is 4.58 Å². The van der Waals surface area contributed by atoms with Gasteiger partial charge in [0.15, 0.2) is 0 Å². The Morgan fingerprint density at radius 2 is 1.78 bits per heavy atom. The minimum atomic E-state index is 0.782. The lowest BCUT2D eigenvalue weighted by Gasteiger charge is -2.02. The minimum Gasteiger partial charge on any atom is -0.151 e. The topological polar surface area (TPSA) is 0 Å². The van der Waals surface area contributed by atoms with E-state index in [2.05, 4.69) is 20.1 Å². The third-order valence-electron chi connectivity index (χ3n) is 0.733. The zero-order valence-corrected chi connectivity index (χ0v) is 8.73. The Hall–Kier alpha value is 0.700. The van der Waals surface area contributed by atoms with E-state index in [1.54, 1.807) is 0 Å². The van der Waals surface area contributed by atoms with Crippen LogP contribution in [0.3, 0.4) is 0 Å². The Bertz CT molecular complexity index is 37.9. The molecule has 0 saturated carbocycles. The predicted molar refractivity (Wildman–Crippen MR) is 52.5 cm³/mol. The molecule has 0 aliphatic carbocycles. The van der Waals surface area contributed by atoms with Gasteiger partial charge >= 0.3 is 0 Å². The molecule has 58 valence electrons. The van der Waals surface area contributed by atoms with E-state index in [0.717, 1.165) is 4.58 Å². The molecular formula is C7H18S2. The first-order valence-corrected chi connectivity index (χ1v) is 5.79. The van der Waals surface area contributed by atoms with Crippen molar-refractivity contribution in [3.8, 4) is 0 Å². The van der Waals surface area contributed by atoms with Gasteiger partial charge < -0.3 is 0 Å². The molecule has 1 atom stereocenters. The van der Waals surface area contributed by atoms with E-state index < -0.39 is 0 Å². The fraction of sp³-hybridized carbons (Fsp3) is 1.00. The Kier molecular flexibility index (Phi) is 15.8. The van der Waals surface area contributed by atoms with Crippen molar-refractivity contribution in [2.24, 2.45) is 0 Å². The summed E-state index contributed by atoms with van der Waals surface area (Å²) >= 11 is 3.91. The van der Waals surface area contributed by atoms with Crippen molar-refractivity contribution in [3.63, 3.8) is 0 Å². The summed E-state index contributed by atoms with van der Waals surface area (Å²) in [6.07, 6.45) is 2.15. The van der Waals surface area contributed by atoms with Gasteiger partial charge in [-0.1, -0.05) is 20.8 Å². The van der Waals surface area contributed by atoms with Crippen LogP contribution in [0, 0.1) is 0 Å². The summed E-state index contributed by atoms with van der Waals surface area (Å²) in [7, 11) is 0. The van der Waals surface area contributed by atoms with Crippen LogP contribution in [0.5, 0.6) is 0 Å². The van der Waals surface area contributed by atoms with Crippen LogP contribution in [-0.2, 0) is 0 Å². The summed E-state index contributed by atoms with van der Waals surface area (Å²) in [5, 5.41) is 0. The van der Waals surface area contributed by atoms with Crippen molar-refractivity contribution in [2.45, 2.75) is 32.3 Å². The number of thioether (sulfide) groups is 2. The highest BCUT2D eigenvalue weighted by Gasteiger charge is 1.93. The van der Waals surface area contributed by atoms with Crippen LogP contribution in [0.15, 0.2) is 0 Å². The SMILES string of the molecule is CC.CCSC(C)SC. The van der Waals surface area contributed by atoms with Gasteiger partial charge in [0.1, 0.15) is 0 Å². The predicted octanol–water partition coefficient (Wildman–Crippen LogP) is 3.47. The third-order valence-corrected chi connectivity index (χ3v) is 3.19. The molecule has 0 aromatic rings. The van der Waals surface area contributed by atoms with Crippen molar-refractivity contribution in [2.75, 3.05) is 12.0 Å².